The number of phenols is 2. The SMILES string of the molecule is [CH2]C=Cc1cc(O)c(O)c(OC)c1. The molecule has 3 heteroatoms. The first kappa shape index (κ1) is 9.45. The van der Waals surface area contributed by atoms with Crippen LogP contribution in [0, 0.1) is 6.92 Å². The van der Waals surface area contributed by atoms with Gasteiger partial charge in [-0.25, -0.2) is 0 Å². The quantitative estimate of drug-likeness (QED) is 0.682. The summed E-state index contributed by atoms with van der Waals surface area (Å²) in [4.78, 5) is 0. The summed E-state index contributed by atoms with van der Waals surface area (Å²) in [6, 6.07) is 3.04. The Morgan fingerprint density at radius 3 is 2.62 bits per heavy atom. The van der Waals surface area contributed by atoms with Gasteiger partial charge in [-0.2, -0.15) is 0 Å². The lowest BCUT2D eigenvalue weighted by atomic mass is 10.1. The number of aromatic hydroxyl groups is 2. The van der Waals surface area contributed by atoms with Gasteiger partial charge in [0.1, 0.15) is 0 Å². The van der Waals surface area contributed by atoms with E-state index in [1.807, 2.05) is 0 Å². The predicted molar refractivity (Wildman–Crippen MR) is 50.7 cm³/mol. The zero-order chi connectivity index (χ0) is 9.84. The second-order valence-electron chi connectivity index (χ2n) is 2.49. The molecule has 2 N–H and O–H groups in total. The number of hydrogen-bond donors (Lipinski definition) is 2. The van der Waals surface area contributed by atoms with Crippen LogP contribution in [-0.4, -0.2) is 17.3 Å². The molecule has 0 saturated heterocycles. The number of ether oxygens (including phenoxy) is 1. The average molecular weight is 179 g/mol. The van der Waals surface area contributed by atoms with Gasteiger partial charge in [0.25, 0.3) is 0 Å². The minimum absolute atomic E-state index is 0.201. The fraction of sp³-hybridized carbons (Fsp3) is 0.100. The minimum atomic E-state index is -0.247. The van der Waals surface area contributed by atoms with Crippen molar-refractivity contribution in [3.8, 4) is 17.2 Å². The van der Waals surface area contributed by atoms with E-state index in [0.717, 1.165) is 5.56 Å². The van der Waals surface area contributed by atoms with Crippen molar-refractivity contribution in [2.24, 2.45) is 0 Å². The van der Waals surface area contributed by atoms with Gasteiger partial charge in [-0.1, -0.05) is 12.2 Å². The average Bonchev–Trinajstić information content (AvgIpc) is 2.11. The topological polar surface area (TPSA) is 49.7 Å². The summed E-state index contributed by atoms with van der Waals surface area (Å²) in [5.74, 6) is -0.204. The van der Waals surface area contributed by atoms with Gasteiger partial charge in [0, 0.05) is 0 Å². The smallest absolute Gasteiger partial charge is 0.200 e. The van der Waals surface area contributed by atoms with E-state index in [-0.39, 0.29) is 17.2 Å². The van der Waals surface area contributed by atoms with Crippen LogP contribution in [0.1, 0.15) is 5.56 Å². The largest absolute Gasteiger partial charge is 0.504 e. The van der Waals surface area contributed by atoms with Crippen LogP contribution >= 0.6 is 0 Å². The van der Waals surface area contributed by atoms with Crippen molar-refractivity contribution < 1.29 is 14.9 Å². The Morgan fingerprint density at radius 1 is 1.38 bits per heavy atom. The fourth-order valence-corrected chi connectivity index (χ4v) is 1.00. The van der Waals surface area contributed by atoms with E-state index in [4.69, 9.17) is 4.74 Å². The summed E-state index contributed by atoms with van der Waals surface area (Å²) in [7, 11) is 1.42. The second kappa shape index (κ2) is 3.85. The lowest BCUT2D eigenvalue weighted by molar-refractivity contribution is 0.351. The van der Waals surface area contributed by atoms with Crippen molar-refractivity contribution in [3.05, 3.63) is 30.7 Å². The Balaban J connectivity index is 3.21. The Hall–Kier alpha value is -1.64. The van der Waals surface area contributed by atoms with Crippen LogP contribution in [0.25, 0.3) is 6.08 Å². The van der Waals surface area contributed by atoms with E-state index in [0.29, 0.717) is 0 Å². The van der Waals surface area contributed by atoms with Gasteiger partial charge in [0.05, 0.1) is 7.11 Å². The first-order valence-electron chi connectivity index (χ1n) is 3.74. The summed E-state index contributed by atoms with van der Waals surface area (Å²) >= 11 is 0. The van der Waals surface area contributed by atoms with Crippen molar-refractivity contribution in [1.29, 1.82) is 0 Å². The zero-order valence-electron chi connectivity index (χ0n) is 7.32. The molecule has 0 heterocycles. The van der Waals surface area contributed by atoms with Crippen LogP contribution in [-0.2, 0) is 0 Å². The van der Waals surface area contributed by atoms with Crippen molar-refractivity contribution in [3.63, 3.8) is 0 Å². The van der Waals surface area contributed by atoms with Gasteiger partial charge in [-0.3, -0.25) is 0 Å². The van der Waals surface area contributed by atoms with Crippen LogP contribution in [0.15, 0.2) is 18.2 Å². The Morgan fingerprint density at radius 2 is 2.08 bits per heavy atom. The molecule has 0 aliphatic carbocycles. The highest BCUT2D eigenvalue weighted by Crippen LogP contribution is 2.36. The molecule has 69 valence electrons. The number of rotatable bonds is 2. The van der Waals surface area contributed by atoms with Crippen LogP contribution < -0.4 is 4.74 Å². The van der Waals surface area contributed by atoms with Crippen LogP contribution in [0.5, 0.6) is 17.2 Å². The molecule has 1 aromatic rings. The molecule has 3 nitrogen and oxygen atoms in total. The van der Waals surface area contributed by atoms with Gasteiger partial charge in [-0.15, -0.1) is 0 Å². The fourth-order valence-electron chi connectivity index (χ4n) is 1.00. The molecule has 0 saturated carbocycles. The molecule has 0 amide bonds. The predicted octanol–water partition coefficient (Wildman–Crippen LogP) is 1.95. The number of allylic oxidation sites excluding steroid dienone is 1. The normalized spacial score (nSPS) is 10.6. The molecule has 1 aromatic carbocycles. The highest BCUT2D eigenvalue weighted by Gasteiger charge is 2.07. The summed E-state index contributed by atoms with van der Waals surface area (Å²) in [5.41, 5.74) is 0.724. The Kier molecular flexibility index (Phi) is 2.80. The maximum Gasteiger partial charge on any atom is 0.200 e. The first-order valence-corrected chi connectivity index (χ1v) is 3.74. The van der Waals surface area contributed by atoms with Gasteiger partial charge in [0.2, 0.25) is 5.75 Å². The number of hydrogen-bond acceptors (Lipinski definition) is 3. The number of benzene rings is 1. The van der Waals surface area contributed by atoms with Gasteiger partial charge in [0.15, 0.2) is 11.5 Å². The minimum Gasteiger partial charge on any atom is -0.504 e. The molecular weight excluding hydrogens is 168 g/mol. The maximum absolute atomic E-state index is 9.28. The molecule has 0 fully saturated rings. The first-order chi connectivity index (χ1) is 6.19. The Bertz CT molecular complexity index is 329. The van der Waals surface area contributed by atoms with Gasteiger partial charge < -0.3 is 14.9 Å². The molecule has 13 heavy (non-hydrogen) atoms. The monoisotopic (exact) mass is 179 g/mol. The van der Waals surface area contributed by atoms with Crippen LogP contribution in [0.4, 0.5) is 0 Å². The van der Waals surface area contributed by atoms with Gasteiger partial charge in [-0.05, 0) is 24.6 Å². The third-order valence-electron chi connectivity index (χ3n) is 1.61. The van der Waals surface area contributed by atoms with E-state index in [9.17, 15) is 10.2 Å². The molecule has 0 unspecified atom stereocenters. The van der Waals surface area contributed by atoms with Crippen molar-refractivity contribution in [2.75, 3.05) is 7.11 Å². The molecule has 0 aliphatic rings. The van der Waals surface area contributed by atoms with Crippen molar-refractivity contribution >= 4 is 6.08 Å². The second-order valence-corrected chi connectivity index (χ2v) is 2.49. The van der Waals surface area contributed by atoms with Gasteiger partial charge >= 0.3 is 0 Å². The molecule has 1 radical (unpaired) electrons. The molecule has 0 aliphatic heterocycles. The molecular formula is C10H11O3. The molecule has 0 bridgehead atoms. The summed E-state index contributed by atoms with van der Waals surface area (Å²) in [6.07, 6.45) is 3.28. The van der Waals surface area contributed by atoms with E-state index >= 15 is 0 Å². The molecule has 0 aromatic heterocycles. The molecule has 0 spiro atoms. The highest BCUT2D eigenvalue weighted by atomic mass is 16.5. The van der Waals surface area contributed by atoms with Crippen LogP contribution in [0.2, 0.25) is 0 Å². The summed E-state index contributed by atoms with van der Waals surface area (Å²) < 4.78 is 4.85. The lowest BCUT2D eigenvalue weighted by Gasteiger charge is -2.05. The molecule has 1 rings (SSSR count). The standard InChI is InChI=1S/C10H11O3/c1-3-4-7-5-8(11)10(12)9(6-7)13-2/h3-6,11-12H,1H2,2H3. The van der Waals surface area contributed by atoms with E-state index < -0.39 is 0 Å². The maximum atomic E-state index is 9.28. The third kappa shape index (κ3) is 1.93. The van der Waals surface area contributed by atoms with Crippen LogP contribution in [0.3, 0.4) is 0 Å². The Labute approximate surface area is 76.9 Å². The van der Waals surface area contributed by atoms with E-state index in [2.05, 4.69) is 6.92 Å². The number of phenolic OH excluding ortho intramolecular Hbond substituents is 2. The summed E-state index contributed by atoms with van der Waals surface area (Å²) in [6.45, 7) is 3.52. The van der Waals surface area contributed by atoms with Crippen molar-refractivity contribution in [1.82, 2.24) is 0 Å². The summed E-state index contributed by atoms with van der Waals surface area (Å²) in [5, 5.41) is 18.5. The third-order valence-corrected chi connectivity index (χ3v) is 1.61. The lowest BCUT2D eigenvalue weighted by Crippen LogP contribution is -1.85. The van der Waals surface area contributed by atoms with E-state index in [1.54, 1.807) is 18.2 Å². The number of methoxy groups -OCH3 is 1. The molecule has 0 atom stereocenters. The highest BCUT2D eigenvalue weighted by molar-refractivity contribution is 5.61. The van der Waals surface area contributed by atoms with Crippen molar-refractivity contribution in [2.45, 2.75) is 0 Å². The van der Waals surface area contributed by atoms with E-state index in [1.165, 1.54) is 13.2 Å². The zero-order valence-corrected chi connectivity index (χ0v) is 7.32.